The fourth-order valence-corrected chi connectivity index (χ4v) is 1.57. The first-order chi connectivity index (χ1) is 9.19. The molecule has 1 amide bonds. The first kappa shape index (κ1) is 12.9. The Balaban J connectivity index is 1.82. The van der Waals surface area contributed by atoms with Crippen LogP contribution in [0.3, 0.4) is 0 Å². The molecule has 0 atom stereocenters. The van der Waals surface area contributed by atoms with Crippen molar-refractivity contribution in [3.63, 3.8) is 0 Å². The zero-order chi connectivity index (χ0) is 13.7. The number of amides is 1. The van der Waals surface area contributed by atoms with Crippen LogP contribution in [-0.4, -0.2) is 34.7 Å². The summed E-state index contributed by atoms with van der Waals surface area (Å²) >= 11 is 0. The van der Waals surface area contributed by atoms with Crippen molar-refractivity contribution in [2.45, 2.75) is 6.42 Å². The summed E-state index contributed by atoms with van der Waals surface area (Å²) in [5, 5.41) is 8.34. The highest BCUT2D eigenvalue weighted by atomic mass is 16.5. The lowest BCUT2D eigenvalue weighted by molar-refractivity contribution is 0.0944. The van der Waals surface area contributed by atoms with Gasteiger partial charge in [0, 0.05) is 6.54 Å². The molecule has 0 unspecified atom stereocenters. The van der Waals surface area contributed by atoms with Gasteiger partial charge in [-0.2, -0.15) is 0 Å². The molecule has 0 spiro atoms. The zero-order valence-corrected chi connectivity index (χ0v) is 10.4. The van der Waals surface area contributed by atoms with Crippen LogP contribution >= 0.6 is 0 Å². The number of carbonyl (C=O) groups is 1. The van der Waals surface area contributed by atoms with E-state index in [1.54, 1.807) is 7.11 Å². The van der Waals surface area contributed by atoms with Gasteiger partial charge < -0.3 is 10.1 Å². The molecule has 0 saturated carbocycles. The van der Waals surface area contributed by atoms with Gasteiger partial charge in [-0.15, -0.1) is 5.10 Å². The van der Waals surface area contributed by atoms with E-state index in [9.17, 15) is 9.59 Å². The number of benzene rings is 1. The molecule has 100 valence electrons. The lowest BCUT2D eigenvalue weighted by atomic mass is 10.1. The number of H-pyrrole nitrogens is 2. The zero-order valence-electron chi connectivity index (χ0n) is 10.4. The Labute approximate surface area is 109 Å². The van der Waals surface area contributed by atoms with Gasteiger partial charge in [0.05, 0.1) is 7.11 Å². The van der Waals surface area contributed by atoms with E-state index in [1.165, 1.54) is 0 Å². The van der Waals surface area contributed by atoms with E-state index < -0.39 is 11.6 Å². The number of ether oxygens (including phenoxy) is 1. The van der Waals surface area contributed by atoms with Gasteiger partial charge in [0.15, 0.2) is 0 Å². The van der Waals surface area contributed by atoms with Crippen LogP contribution in [0.4, 0.5) is 0 Å². The summed E-state index contributed by atoms with van der Waals surface area (Å²) < 4.78 is 5.06. The van der Waals surface area contributed by atoms with Gasteiger partial charge in [0.25, 0.3) is 5.91 Å². The number of nitrogens with zero attached hydrogens (tertiary/aromatic N) is 1. The van der Waals surface area contributed by atoms with E-state index in [0.717, 1.165) is 11.3 Å². The Morgan fingerprint density at radius 1 is 1.37 bits per heavy atom. The average Bonchev–Trinajstić information content (AvgIpc) is 2.86. The summed E-state index contributed by atoms with van der Waals surface area (Å²) in [6, 6.07) is 7.59. The summed E-state index contributed by atoms with van der Waals surface area (Å²) in [4.78, 5) is 24.6. The monoisotopic (exact) mass is 262 g/mol. The Hall–Kier alpha value is -2.57. The van der Waals surface area contributed by atoms with Crippen molar-refractivity contribution in [3.05, 3.63) is 46.1 Å². The standard InChI is InChI=1S/C12H14N4O3/c1-19-9-4-2-8(3-5-9)6-7-13-11(17)10-14-12(18)16-15-10/h2-5H,6-7H2,1H3,(H,13,17)(H2,14,15,16,18). The molecule has 0 aliphatic rings. The summed E-state index contributed by atoms with van der Waals surface area (Å²) in [5.74, 6) is 0.369. The highest BCUT2D eigenvalue weighted by molar-refractivity contribution is 5.90. The van der Waals surface area contributed by atoms with Gasteiger partial charge in [-0.25, -0.2) is 9.89 Å². The minimum Gasteiger partial charge on any atom is -0.497 e. The summed E-state index contributed by atoms with van der Waals surface area (Å²) in [6.07, 6.45) is 0.685. The molecule has 0 bridgehead atoms. The van der Waals surface area contributed by atoms with Crippen LogP contribution in [0.5, 0.6) is 5.75 Å². The molecular weight excluding hydrogens is 248 g/mol. The molecule has 19 heavy (non-hydrogen) atoms. The number of rotatable bonds is 5. The summed E-state index contributed by atoms with van der Waals surface area (Å²) in [6.45, 7) is 0.458. The summed E-state index contributed by atoms with van der Waals surface area (Å²) in [5.41, 5.74) is 0.580. The Kier molecular flexibility index (Phi) is 3.97. The number of methoxy groups -OCH3 is 1. The number of nitrogens with one attached hydrogen (secondary N) is 3. The lowest BCUT2D eigenvalue weighted by Crippen LogP contribution is -2.27. The number of hydrogen-bond donors (Lipinski definition) is 3. The summed E-state index contributed by atoms with van der Waals surface area (Å²) in [7, 11) is 1.61. The van der Waals surface area contributed by atoms with Gasteiger partial charge >= 0.3 is 5.69 Å². The van der Waals surface area contributed by atoms with Crippen LogP contribution in [0.15, 0.2) is 29.1 Å². The molecule has 0 fully saturated rings. The van der Waals surface area contributed by atoms with Gasteiger partial charge in [-0.3, -0.25) is 9.78 Å². The van der Waals surface area contributed by atoms with Crippen LogP contribution in [0.2, 0.25) is 0 Å². The highest BCUT2D eigenvalue weighted by Gasteiger charge is 2.08. The second-order valence-electron chi connectivity index (χ2n) is 3.88. The van der Waals surface area contributed by atoms with Crippen molar-refractivity contribution in [1.29, 1.82) is 0 Å². The molecule has 0 aliphatic heterocycles. The predicted molar refractivity (Wildman–Crippen MR) is 68.2 cm³/mol. The van der Waals surface area contributed by atoms with E-state index in [4.69, 9.17) is 4.74 Å². The van der Waals surface area contributed by atoms with Crippen LogP contribution < -0.4 is 15.7 Å². The molecule has 3 N–H and O–H groups in total. The molecule has 0 radical (unpaired) electrons. The highest BCUT2D eigenvalue weighted by Crippen LogP contribution is 2.11. The maximum atomic E-state index is 11.6. The minimum absolute atomic E-state index is 0.0141. The molecule has 0 saturated heterocycles. The van der Waals surface area contributed by atoms with Crippen molar-refractivity contribution in [1.82, 2.24) is 20.5 Å². The maximum Gasteiger partial charge on any atom is 0.341 e. The number of aromatic nitrogens is 3. The van der Waals surface area contributed by atoms with Crippen molar-refractivity contribution in [2.75, 3.05) is 13.7 Å². The third kappa shape index (κ3) is 3.44. The van der Waals surface area contributed by atoms with E-state index in [-0.39, 0.29) is 5.82 Å². The van der Waals surface area contributed by atoms with Crippen molar-refractivity contribution < 1.29 is 9.53 Å². The van der Waals surface area contributed by atoms with Gasteiger partial charge in [0.1, 0.15) is 5.75 Å². The fraction of sp³-hybridized carbons (Fsp3) is 0.250. The molecule has 2 aromatic rings. The Bertz CT molecular complexity index is 600. The third-order valence-electron chi connectivity index (χ3n) is 2.57. The number of carbonyl (C=O) groups excluding carboxylic acids is 1. The molecule has 1 aromatic carbocycles. The quantitative estimate of drug-likeness (QED) is 0.710. The topological polar surface area (TPSA) is 99.9 Å². The van der Waals surface area contributed by atoms with Gasteiger partial charge in [0.2, 0.25) is 5.82 Å². The molecule has 7 heteroatoms. The van der Waals surface area contributed by atoms with E-state index in [2.05, 4.69) is 20.5 Å². The Morgan fingerprint density at radius 3 is 2.68 bits per heavy atom. The maximum absolute atomic E-state index is 11.6. The molecule has 2 rings (SSSR count). The van der Waals surface area contributed by atoms with E-state index in [0.29, 0.717) is 13.0 Å². The fourth-order valence-electron chi connectivity index (χ4n) is 1.57. The normalized spacial score (nSPS) is 10.2. The van der Waals surface area contributed by atoms with Crippen molar-refractivity contribution in [3.8, 4) is 5.75 Å². The van der Waals surface area contributed by atoms with Crippen molar-refractivity contribution >= 4 is 5.91 Å². The molecule has 1 heterocycles. The average molecular weight is 262 g/mol. The van der Waals surface area contributed by atoms with E-state index in [1.807, 2.05) is 24.3 Å². The van der Waals surface area contributed by atoms with Gasteiger partial charge in [-0.05, 0) is 24.1 Å². The second kappa shape index (κ2) is 5.85. The Morgan fingerprint density at radius 2 is 2.11 bits per heavy atom. The predicted octanol–water partition coefficient (Wildman–Crippen LogP) is 0.0791. The molecule has 0 aliphatic carbocycles. The third-order valence-corrected chi connectivity index (χ3v) is 2.57. The SMILES string of the molecule is COc1ccc(CCNC(=O)c2n[nH]c(=O)[nH]2)cc1. The molecule has 7 nitrogen and oxygen atoms in total. The van der Waals surface area contributed by atoms with Crippen molar-refractivity contribution in [2.24, 2.45) is 0 Å². The second-order valence-corrected chi connectivity index (χ2v) is 3.88. The minimum atomic E-state index is -0.500. The number of hydrogen-bond acceptors (Lipinski definition) is 4. The van der Waals surface area contributed by atoms with Crippen LogP contribution in [0, 0.1) is 0 Å². The lowest BCUT2D eigenvalue weighted by Gasteiger charge is -2.04. The molecule has 1 aromatic heterocycles. The van der Waals surface area contributed by atoms with Crippen LogP contribution in [0.25, 0.3) is 0 Å². The number of aromatic amines is 2. The first-order valence-electron chi connectivity index (χ1n) is 5.75. The van der Waals surface area contributed by atoms with Crippen LogP contribution in [0.1, 0.15) is 16.2 Å². The van der Waals surface area contributed by atoms with Gasteiger partial charge in [-0.1, -0.05) is 12.1 Å². The smallest absolute Gasteiger partial charge is 0.341 e. The molecular formula is C12H14N4O3. The largest absolute Gasteiger partial charge is 0.497 e. The van der Waals surface area contributed by atoms with Crippen LogP contribution in [-0.2, 0) is 6.42 Å². The van der Waals surface area contributed by atoms with E-state index >= 15 is 0 Å². The first-order valence-corrected chi connectivity index (χ1v) is 5.75.